The van der Waals surface area contributed by atoms with Crippen LogP contribution in [0, 0.1) is 0 Å². The van der Waals surface area contributed by atoms with E-state index in [-0.39, 0.29) is 13.2 Å². The van der Waals surface area contributed by atoms with Crippen molar-refractivity contribution < 1.29 is 10.2 Å². The fourth-order valence-electron chi connectivity index (χ4n) is 1.44. The minimum absolute atomic E-state index is 0.0161. The summed E-state index contributed by atoms with van der Waals surface area (Å²) in [5.41, 5.74) is 1.82. The van der Waals surface area contributed by atoms with Crippen molar-refractivity contribution in [2.75, 3.05) is 25.1 Å². The van der Waals surface area contributed by atoms with Crippen molar-refractivity contribution >= 4 is 5.82 Å². The van der Waals surface area contributed by atoms with Crippen molar-refractivity contribution in [3.05, 3.63) is 23.4 Å². The van der Waals surface area contributed by atoms with Gasteiger partial charge in [0.15, 0.2) is 0 Å². The lowest BCUT2D eigenvalue weighted by molar-refractivity contribution is 0.281. The number of aliphatic hydroxyl groups excluding tert-OH is 2. The summed E-state index contributed by atoms with van der Waals surface area (Å²) in [4.78, 5) is 6.38. The Morgan fingerprint density at radius 3 is 2.50 bits per heavy atom. The third-order valence-corrected chi connectivity index (χ3v) is 2.49. The highest BCUT2D eigenvalue weighted by Gasteiger charge is 2.08. The summed E-state index contributed by atoms with van der Waals surface area (Å²) >= 11 is 0. The Bertz CT molecular complexity index is 340. The molecule has 4 nitrogen and oxygen atoms in total. The zero-order valence-electron chi connectivity index (χ0n) is 10.1. The van der Waals surface area contributed by atoms with Crippen LogP contribution in [0.4, 0.5) is 5.82 Å². The van der Waals surface area contributed by atoms with Gasteiger partial charge in [-0.3, -0.25) is 0 Å². The van der Waals surface area contributed by atoms with Gasteiger partial charge in [0.1, 0.15) is 5.82 Å². The van der Waals surface area contributed by atoms with Crippen molar-refractivity contribution in [3.8, 4) is 0 Å². The van der Waals surface area contributed by atoms with Gasteiger partial charge < -0.3 is 15.1 Å². The van der Waals surface area contributed by atoms with Gasteiger partial charge in [-0.25, -0.2) is 4.98 Å². The average Bonchev–Trinajstić information content (AvgIpc) is 2.28. The maximum absolute atomic E-state index is 9.18. The van der Waals surface area contributed by atoms with Gasteiger partial charge in [-0.2, -0.15) is 0 Å². The van der Waals surface area contributed by atoms with Crippen LogP contribution in [0.1, 0.15) is 31.0 Å². The number of likely N-dealkylation sites (N-methyl/N-ethyl adjacent to an activating group) is 1. The standard InChI is InChI=1S/C12H20N2O2/c1-9(2)11-6-10(8-16)7-12(13-11)14(3)4-5-15/h6-7,9,15-16H,4-5,8H2,1-3H3. The van der Waals surface area contributed by atoms with Gasteiger partial charge in [0.25, 0.3) is 0 Å². The summed E-state index contributed by atoms with van der Waals surface area (Å²) in [6, 6.07) is 3.77. The van der Waals surface area contributed by atoms with E-state index in [1.54, 1.807) is 0 Å². The van der Waals surface area contributed by atoms with Crippen LogP contribution in [0.3, 0.4) is 0 Å². The molecule has 0 amide bonds. The molecule has 0 aromatic carbocycles. The lowest BCUT2D eigenvalue weighted by Crippen LogP contribution is -2.22. The molecule has 0 saturated carbocycles. The van der Waals surface area contributed by atoms with Gasteiger partial charge in [0.05, 0.1) is 13.2 Å². The molecular formula is C12H20N2O2. The van der Waals surface area contributed by atoms with Gasteiger partial charge in [-0.05, 0) is 23.6 Å². The van der Waals surface area contributed by atoms with Crippen LogP contribution in [0.5, 0.6) is 0 Å². The molecule has 1 rings (SSSR count). The first-order chi connectivity index (χ1) is 7.58. The van der Waals surface area contributed by atoms with Crippen LogP contribution >= 0.6 is 0 Å². The summed E-state index contributed by atoms with van der Waals surface area (Å²) in [6.07, 6.45) is 0. The Hall–Kier alpha value is -1.13. The molecule has 0 saturated heterocycles. The second kappa shape index (κ2) is 5.82. The van der Waals surface area contributed by atoms with Crippen LogP contribution < -0.4 is 4.90 Å². The maximum atomic E-state index is 9.18. The monoisotopic (exact) mass is 224 g/mol. The Morgan fingerprint density at radius 2 is 2.00 bits per heavy atom. The number of pyridine rings is 1. The fourth-order valence-corrected chi connectivity index (χ4v) is 1.44. The summed E-state index contributed by atoms with van der Waals surface area (Å²) in [7, 11) is 1.88. The lowest BCUT2D eigenvalue weighted by atomic mass is 10.1. The molecule has 1 heterocycles. The summed E-state index contributed by atoms with van der Waals surface area (Å²) in [6.45, 7) is 4.79. The van der Waals surface area contributed by atoms with Gasteiger partial charge in [0.2, 0.25) is 0 Å². The van der Waals surface area contributed by atoms with Crippen molar-refractivity contribution in [1.29, 1.82) is 0 Å². The van der Waals surface area contributed by atoms with Gasteiger partial charge in [0, 0.05) is 19.3 Å². The van der Waals surface area contributed by atoms with Gasteiger partial charge >= 0.3 is 0 Å². The number of anilines is 1. The highest BCUT2D eigenvalue weighted by molar-refractivity contribution is 5.42. The van der Waals surface area contributed by atoms with Crippen LogP contribution in [0.2, 0.25) is 0 Å². The smallest absolute Gasteiger partial charge is 0.128 e. The number of hydrogen-bond donors (Lipinski definition) is 2. The molecule has 0 aliphatic heterocycles. The molecule has 0 bridgehead atoms. The molecule has 1 aromatic heterocycles. The molecule has 90 valence electrons. The lowest BCUT2D eigenvalue weighted by Gasteiger charge is -2.19. The molecule has 1 aromatic rings. The van der Waals surface area contributed by atoms with Crippen LogP contribution in [0.25, 0.3) is 0 Å². The number of nitrogens with zero attached hydrogens (tertiary/aromatic N) is 2. The maximum Gasteiger partial charge on any atom is 0.128 e. The average molecular weight is 224 g/mol. The normalized spacial score (nSPS) is 10.9. The van der Waals surface area contributed by atoms with E-state index in [2.05, 4.69) is 18.8 Å². The van der Waals surface area contributed by atoms with E-state index in [4.69, 9.17) is 5.11 Å². The second-order valence-corrected chi connectivity index (χ2v) is 4.22. The number of hydrogen-bond acceptors (Lipinski definition) is 4. The Balaban J connectivity index is 3.03. The Morgan fingerprint density at radius 1 is 1.31 bits per heavy atom. The van der Waals surface area contributed by atoms with E-state index < -0.39 is 0 Å². The molecule has 4 heteroatoms. The summed E-state index contributed by atoms with van der Waals surface area (Å²) in [5, 5.41) is 18.1. The second-order valence-electron chi connectivity index (χ2n) is 4.22. The third-order valence-electron chi connectivity index (χ3n) is 2.49. The Labute approximate surface area is 96.6 Å². The van der Waals surface area contributed by atoms with Crippen LogP contribution in [-0.2, 0) is 6.61 Å². The highest BCUT2D eigenvalue weighted by atomic mass is 16.3. The first kappa shape index (κ1) is 12.9. The van der Waals surface area contributed by atoms with E-state index in [0.29, 0.717) is 12.5 Å². The molecule has 0 spiro atoms. The number of aliphatic hydroxyl groups is 2. The van der Waals surface area contributed by atoms with Crippen molar-refractivity contribution in [2.45, 2.75) is 26.4 Å². The largest absolute Gasteiger partial charge is 0.395 e. The Kier molecular flexibility index (Phi) is 4.71. The zero-order valence-corrected chi connectivity index (χ0v) is 10.1. The highest BCUT2D eigenvalue weighted by Crippen LogP contribution is 2.19. The molecular weight excluding hydrogens is 204 g/mol. The molecule has 16 heavy (non-hydrogen) atoms. The van der Waals surface area contributed by atoms with Crippen LogP contribution in [0.15, 0.2) is 12.1 Å². The van der Waals surface area contributed by atoms with Gasteiger partial charge in [-0.15, -0.1) is 0 Å². The zero-order chi connectivity index (χ0) is 12.1. The van der Waals surface area contributed by atoms with E-state index in [9.17, 15) is 5.11 Å². The first-order valence-electron chi connectivity index (χ1n) is 5.52. The molecule has 0 unspecified atom stereocenters. The van der Waals surface area contributed by atoms with E-state index in [1.165, 1.54) is 0 Å². The van der Waals surface area contributed by atoms with Gasteiger partial charge in [-0.1, -0.05) is 13.8 Å². The predicted octanol–water partition coefficient (Wildman–Crippen LogP) is 1.13. The summed E-state index contributed by atoms with van der Waals surface area (Å²) < 4.78 is 0. The molecule has 0 aliphatic carbocycles. The van der Waals surface area contributed by atoms with Crippen molar-refractivity contribution in [3.63, 3.8) is 0 Å². The predicted molar refractivity (Wildman–Crippen MR) is 64.6 cm³/mol. The topological polar surface area (TPSA) is 56.6 Å². The van der Waals surface area contributed by atoms with Crippen LogP contribution in [-0.4, -0.2) is 35.4 Å². The third kappa shape index (κ3) is 3.18. The minimum Gasteiger partial charge on any atom is -0.395 e. The molecule has 0 radical (unpaired) electrons. The molecule has 0 atom stereocenters. The summed E-state index contributed by atoms with van der Waals surface area (Å²) in [5.74, 6) is 1.12. The van der Waals surface area contributed by atoms with E-state index in [1.807, 2.05) is 24.1 Å². The van der Waals surface area contributed by atoms with E-state index >= 15 is 0 Å². The SMILES string of the molecule is CC(C)c1cc(CO)cc(N(C)CCO)n1. The first-order valence-corrected chi connectivity index (χ1v) is 5.52. The van der Waals surface area contributed by atoms with Crippen molar-refractivity contribution in [2.24, 2.45) is 0 Å². The quantitative estimate of drug-likeness (QED) is 0.787. The molecule has 0 fully saturated rings. The molecule has 2 N–H and O–H groups in total. The van der Waals surface area contributed by atoms with Crippen molar-refractivity contribution in [1.82, 2.24) is 4.98 Å². The number of aromatic nitrogens is 1. The molecule has 0 aliphatic rings. The fraction of sp³-hybridized carbons (Fsp3) is 0.583. The number of rotatable bonds is 5. The minimum atomic E-state index is 0.0161. The van der Waals surface area contributed by atoms with E-state index in [0.717, 1.165) is 17.1 Å².